The molecule has 1 aliphatic carbocycles. The number of aliphatic hydroxyl groups is 1. The molecule has 0 aromatic heterocycles. The first-order chi connectivity index (χ1) is 15.1. The quantitative estimate of drug-likeness (QED) is 0.485. The summed E-state index contributed by atoms with van der Waals surface area (Å²) >= 11 is 6.58. The summed E-state index contributed by atoms with van der Waals surface area (Å²) in [5, 5.41) is 13.0. The summed E-state index contributed by atoms with van der Waals surface area (Å²) in [7, 11) is 1.64. The summed E-state index contributed by atoms with van der Waals surface area (Å²) in [4.78, 5) is 0. The minimum Gasteiger partial charge on any atom is -0.496 e. The van der Waals surface area contributed by atoms with Crippen molar-refractivity contribution in [2.45, 2.75) is 38.5 Å². The van der Waals surface area contributed by atoms with Gasteiger partial charge in [-0.1, -0.05) is 60.1 Å². The van der Waals surface area contributed by atoms with Crippen LogP contribution in [0.4, 0.5) is 0 Å². The number of fused-ring (bicyclic) bond motifs is 1. The van der Waals surface area contributed by atoms with E-state index in [0.29, 0.717) is 23.1 Å². The van der Waals surface area contributed by atoms with E-state index in [1.165, 1.54) is 22.3 Å². The summed E-state index contributed by atoms with van der Waals surface area (Å²) in [5.74, 6) is 1.34. The van der Waals surface area contributed by atoms with Crippen molar-refractivity contribution in [3.05, 3.63) is 82.4 Å². The minimum absolute atomic E-state index is 0.00629. The van der Waals surface area contributed by atoms with Crippen molar-refractivity contribution in [2.24, 2.45) is 0 Å². The van der Waals surface area contributed by atoms with Gasteiger partial charge >= 0.3 is 0 Å². The number of nitrogens with one attached hydrogen (secondary N) is 1. The first kappa shape index (κ1) is 21.7. The zero-order valence-electron chi connectivity index (χ0n) is 17.9. The summed E-state index contributed by atoms with van der Waals surface area (Å²) < 4.78 is 12.0. The molecule has 0 radical (unpaired) electrons. The zero-order chi connectivity index (χ0) is 21.8. The molecule has 2 N–H and O–H groups in total. The molecule has 3 aromatic carbocycles. The van der Waals surface area contributed by atoms with Crippen LogP contribution in [0.3, 0.4) is 0 Å². The molecule has 0 aliphatic heterocycles. The van der Waals surface area contributed by atoms with Crippen molar-refractivity contribution in [3.8, 4) is 22.6 Å². The summed E-state index contributed by atoms with van der Waals surface area (Å²) in [6.45, 7) is 2.55. The highest BCUT2D eigenvalue weighted by Crippen LogP contribution is 2.42. The number of halogens is 1. The van der Waals surface area contributed by atoms with Crippen LogP contribution in [0.5, 0.6) is 11.5 Å². The lowest BCUT2D eigenvalue weighted by Gasteiger charge is -2.19. The summed E-state index contributed by atoms with van der Waals surface area (Å²) in [6.07, 6.45) is 1.84. The normalized spacial score (nSPS) is 16.1. The van der Waals surface area contributed by atoms with Gasteiger partial charge in [0, 0.05) is 24.2 Å². The Morgan fingerprint density at radius 3 is 2.65 bits per heavy atom. The lowest BCUT2D eigenvalue weighted by molar-refractivity contribution is 0.207. The topological polar surface area (TPSA) is 50.7 Å². The molecule has 162 valence electrons. The smallest absolute Gasteiger partial charge is 0.142 e. The molecule has 5 heteroatoms. The SMILES string of the molecule is COc1cc(O[C@H]2CCc3c(-c4ccccc4)cccc32)c(Cl)cc1CN[C@H](C)CO. The Kier molecular flexibility index (Phi) is 6.81. The number of hydrogen-bond acceptors (Lipinski definition) is 4. The van der Waals surface area contributed by atoms with Crippen molar-refractivity contribution < 1.29 is 14.6 Å². The van der Waals surface area contributed by atoms with Gasteiger partial charge in [-0.05, 0) is 48.1 Å². The van der Waals surface area contributed by atoms with Gasteiger partial charge in [0.1, 0.15) is 17.6 Å². The number of rotatable bonds is 8. The molecule has 0 saturated heterocycles. The van der Waals surface area contributed by atoms with Gasteiger partial charge in [0.2, 0.25) is 0 Å². The minimum atomic E-state index is -0.0424. The van der Waals surface area contributed by atoms with Gasteiger partial charge in [-0.15, -0.1) is 0 Å². The Morgan fingerprint density at radius 2 is 1.90 bits per heavy atom. The van der Waals surface area contributed by atoms with Crippen LogP contribution in [0.25, 0.3) is 11.1 Å². The van der Waals surface area contributed by atoms with Crippen molar-refractivity contribution in [1.82, 2.24) is 5.32 Å². The fraction of sp³-hybridized carbons (Fsp3) is 0.308. The van der Waals surface area contributed by atoms with Crippen LogP contribution < -0.4 is 14.8 Å². The third-order valence-electron chi connectivity index (χ3n) is 5.82. The highest BCUT2D eigenvalue weighted by atomic mass is 35.5. The molecule has 4 nitrogen and oxygen atoms in total. The highest BCUT2D eigenvalue weighted by molar-refractivity contribution is 6.32. The Balaban J connectivity index is 1.58. The second-order valence-electron chi connectivity index (χ2n) is 7.94. The van der Waals surface area contributed by atoms with Crippen LogP contribution in [0.15, 0.2) is 60.7 Å². The maximum absolute atomic E-state index is 9.23. The molecule has 0 spiro atoms. The monoisotopic (exact) mass is 437 g/mol. The third-order valence-corrected chi connectivity index (χ3v) is 6.11. The van der Waals surface area contributed by atoms with E-state index in [0.717, 1.165) is 18.4 Å². The number of benzene rings is 3. The second-order valence-corrected chi connectivity index (χ2v) is 8.35. The van der Waals surface area contributed by atoms with Crippen LogP contribution in [0.1, 0.15) is 36.1 Å². The van der Waals surface area contributed by atoms with Gasteiger partial charge in [0.25, 0.3) is 0 Å². The molecule has 1 aliphatic rings. The predicted molar refractivity (Wildman–Crippen MR) is 125 cm³/mol. The summed E-state index contributed by atoms with van der Waals surface area (Å²) in [5.41, 5.74) is 6.00. The lowest BCUT2D eigenvalue weighted by Crippen LogP contribution is -2.28. The van der Waals surface area contributed by atoms with E-state index in [2.05, 4.69) is 47.8 Å². The third kappa shape index (κ3) is 4.72. The van der Waals surface area contributed by atoms with E-state index in [1.807, 2.05) is 25.1 Å². The Labute approximate surface area is 188 Å². The number of methoxy groups -OCH3 is 1. The highest BCUT2D eigenvalue weighted by Gasteiger charge is 2.27. The van der Waals surface area contributed by atoms with Crippen molar-refractivity contribution in [1.29, 1.82) is 0 Å². The van der Waals surface area contributed by atoms with Gasteiger partial charge in [0.15, 0.2) is 0 Å². The van der Waals surface area contributed by atoms with E-state index in [9.17, 15) is 5.11 Å². The second kappa shape index (κ2) is 9.73. The standard InChI is InChI=1S/C26H28ClNO3/c1-17(16-29)28-15-19-13-23(27)26(14-25(19)30-2)31-24-12-11-21-20(9-6-10-22(21)24)18-7-4-3-5-8-18/h3-10,13-14,17,24,28-29H,11-12,15-16H2,1-2H3/t17-,24+/m1/s1. The largest absolute Gasteiger partial charge is 0.496 e. The molecule has 0 unspecified atom stereocenters. The van der Waals surface area contributed by atoms with Crippen molar-refractivity contribution >= 4 is 11.6 Å². The van der Waals surface area contributed by atoms with E-state index in [1.54, 1.807) is 7.11 Å². The molecule has 3 aromatic rings. The van der Waals surface area contributed by atoms with E-state index < -0.39 is 0 Å². The molecule has 4 rings (SSSR count). The van der Waals surface area contributed by atoms with Gasteiger partial charge in [-0.25, -0.2) is 0 Å². The molecule has 0 saturated carbocycles. The van der Waals surface area contributed by atoms with Crippen molar-refractivity contribution in [3.63, 3.8) is 0 Å². The summed E-state index contributed by atoms with van der Waals surface area (Å²) in [6, 6.07) is 20.6. The van der Waals surface area contributed by atoms with Gasteiger partial charge in [-0.2, -0.15) is 0 Å². The van der Waals surface area contributed by atoms with Crippen LogP contribution in [-0.4, -0.2) is 24.9 Å². The van der Waals surface area contributed by atoms with E-state index >= 15 is 0 Å². The average molecular weight is 438 g/mol. The van der Waals surface area contributed by atoms with Gasteiger partial charge in [0.05, 0.1) is 18.7 Å². The Morgan fingerprint density at radius 1 is 1.10 bits per heavy atom. The van der Waals surface area contributed by atoms with Gasteiger partial charge in [-0.3, -0.25) is 0 Å². The average Bonchev–Trinajstić information content (AvgIpc) is 3.22. The number of aliphatic hydroxyl groups excluding tert-OH is 1. The number of hydrogen-bond donors (Lipinski definition) is 2. The fourth-order valence-corrected chi connectivity index (χ4v) is 4.35. The molecule has 0 heterocycles. The Hall–Kier alpha value is -2.53. The van der Waals surface area contributed by atoms with Crippen molar-refractivity contribution in [2.75, 3.05) is 13.7 Å². The molecular formula is C26H28ClNO3. The van der Waals surface area contributed by atoms with Crippen LogP contribution >= 0.6 is 11.6 Å². The fourth-order valence-electron chi connectivity index (χ4n) is 4.12. The van der Waals surface area contributed by atoms with Crippen LogP contribution in [-0.2, 0) is 13.0 Å². The molecule has 0 amide bonds. The van der Waals surface area contributed by atoms with E-state index in [4.69, 9.17) is 21.1 Å². The Bertz CT molecular complexity index is 1040. The van der Waals surface area contributed by atoms with Crippen LogP contribution in [0.2, 0.25) is 5.02 Å². The van der Waals surface area contributed by atoms with E-state index in [-0.39, 0.29) is 18.8 Å². The molecule has 2 atom stereocenters. The number of ether oxygens (including phenoxy) is 2. The van der Waals surface area contributed by atoms with Gasteiger partial charge < -0.3 is 19.9 Å². The molecule has 31 heavy (non-hydrogen) atoms. The molecule has 0 bridgehead atoms. The molecule has 0 fully saturated rings. The first-order valence-corrected chi connectivity index (χ1v) is 11.0. The van der Waals surface area contributed by atoms with Crippen LogP contribution in [0, 0.1) is 0 Å². The zero-order valence-corrected chi connectivity index (χ0v) is 18.7. The maximum Gasteiger partial charge on any atom is 0.142 e. The predicted octanol–water partition coefficient (Wildman–Crippen LogP) is 5.55. The first-order valence-electron chi connectivity index (χ1n) is 10.6. The molecular weight excluding hydrogens is 410 g/mol. The maximum atomic E-state index is 9.23. The lowest BCUT2D eigenvalue weighted by atomic mass is 9.97.